The van der Waals surface area contributed by atoms with E-state index in [1.54, 1.807) is 6.07 Å². The molecule has 20 heavy (non-hydrogen) atoms. The highest BCUT2D eigenvalue weighted by Crippen LogP contribution is 2.21. The smallest absolute Gasteiger partial charge is 0.253 e. The molecular weight excluding hydrogens is 257 g/mol. The van der Waals surface area contributed by atoms with Crippen molar-refractivity contribution < 1.29 is 9.18 Å². The Morgan fingerprint density at radius 1 is 1.15 bits per heavy atom. The molecule has 0 bridgehead atoms. The van der Waals surface area contributed by atoms with Crippen molar-refractivity contribution in [3.8, 4) is 0 Å². The van der Waals surface area contributed by atoms with Crippen LogP contribution in [0.2, 0.25) is 0 Å². The number of carbonyl (C=O) groups excluding carboxylic acids is 1. The van der Waals surface area contributed by atoms with Crippen molar-refractivity contribution in [3.05, 3.63) is 29.6 Å². The second-order valence-electron chi connectivity index (χ2n) is 5.32. The Morgan fingerprint density at radius 2 is 1.80 bits per heavy atom. The van der Waals surface area contributed by atoms with Gasteiger partial charge in [-0.2, -0.15) is 0 Å². The lowest BCUT2D eigenvalue weighted by molar-refractivity contribution is 0.0931. The van der Waals surface area contributed by atoms with Gasteiger partial charge in [-0.25, -0.2) is 4.39 Å². The normalized spacial score (nSPS) is 17.1. The second kappa shape index (κ2) is 7.24. The third-order valence-corrected chi connectivity index (χ3v) is 3.84. The third kappa shape index (κ3) is 3.70. The maximum Gasteiger partial charge on any atom is 0.253 e. The van der Waals surface area contributed by atoms with Gasteiger partial charge in [0.05, 0.1) is 11.3 Å². The molecule has 0 aliphatic heterocycles. The number of nitrogen functional groups attached to an aromatic ring is 1. The number of anilines is 1. The summed E-state index contributed by atoms with van der Waals surface area (Å²) in [5, 5.41) is 3.00. The van der Waals surface area contributed by atoms with Crippen LogP contribution in [0.25, 0.3) is 0 Å². The topological polar surface area (TPSA) is 67.1 Å². The quantitative estimate of drug-likeness (QED) is 0.588. The van der Waals surface area contributed by atoms with E-state index in [4.69, 9.17) is 5.84 Å². The highest BCUT2D eigenvalue weighted by Gasteiger charge is 2.18. The summed E-state index contributed by atoms with van der Waals surface area (Å²) in [6.45, 7) is 0. The van der Waals surface area contributed by atoms with Gasteiger partial charge in [-0.05, 0) is 25.0 Å². The molecule has 0 radical (unpaired) electrons. The van der Waals surface area contributed by atoms with Gasteiger partial charge in [-0.1, -0.05) is 38.2 Å². The molecule has 1 fully saturated rings. The molecule has 4 N–H and O–H groups in total. The van der Waals surface area contributed by atoms with Crippen molar-refractivity contribution in [1.82, 2.24) is 5.32 Å². The minimum Gasteiger partial charge on any atom is -0.349 e. The Bertz CT molecular complexity index is 456. The molecule has 4 nitrogen and oxygen atoms in total. The fraction of sp³-hybridized carbons (Fsp3) is 0.533. The molecule has 5 heteroatoms. The number of benzene rings is 1. The number of rotatable bonds is 3. The fourth-order valence-electron chi connectivity index (χ4n) is 2.72. The van der Waals surface area contributed by atoms with E-state index in [1.165, 1.54) is 31.4 Å². The summed E-state index contributed by atoms with van der Waals surface area (Å²) >= 11 is 0. The van der Waals surface area contributed by atoms with Gasteiger partial charge >= 0.3 is 0 Å². The van der Waals surface area contributed by atoms with Gasteiger partial charge in [0.2, 0.25) is 0 Å². The molecule has 1 aromatic carbocycles. The van der Waals surface area contributed by atoms with Crippen LogP contribution in [0.5, 0.6) is 0 Å². The SMILES string of the molecule is NNc1c(F)cccc1C(=O)NC1CCCCCCC1. The van der Waals surface area contributed by atoms with Gasteiger partial charge < -0.3 is 10.7 Å². The molecule has 1 aliphatic rings. The van der Waals surface area contributed by atoms with E-state index in [2.05, 4.69) is 10.7 Å². The molecule has 0 heterocycles. The number of hydrogen-bond donors (Lipinski definition) is 3. The van der Waals surface area contributed by atoms with Crippen LogP contribution in [0.15, 0.2) is 18.2 Å². The van der Waals surface area contributed by atoms with E-state index in [-0.39, 0.29) is 23.2 Å². The molecule has 1 aliphatic carbocycles. The van der Waals surface area contributed by atoms with Crippen LogP contribution in [0, 0.1) is 5.82 Å². The lowest BCUT2D eigenvalue weighted by Gasteiger charge is -2.21. The lowest BCUT2D eigenvalue weighted by atomic mass is 9.96. The van der Waals surface area contributed by atoms with Crippen molar-refractivity contribution >= 4 is 11.6 Å². The lowest BCUT2D eigenvalue weighted by Crippen LogP contribution is -2.36. The molecule has 110 valence electrons. The van der Waals surface area contributed by atoms with Crippen LogP contribution < -0.4 is 16.6 Å². The summed E-state index contributed by atoms with van der Waals surface area (Å²) in [7, 11) is 0. The number of nitrogens with one attached hydrogen (secondary N) is 2. The summed E-state index contributed by atoms with van der Waals surface area (Å²) in [6, 6.07) is 4.55. The molecule has 0 atom stereocenters. The summed E-state index contributed by atoms with van der Waals surface area (Å²) in [6.07, 6.45) is 7.99. The Morgan fingerprint density at radius 3 is 2.45 bits per heavy atom. The molecule has 0 unspecified atom stereocenters. The zero-order valence-electron chi connectivity index (χ0n) is 11.6. The van der Waals surface area contributed by atoms with Gasteiger partial charge in [0.25, 0.3) is 5.91 Å². The predicted molar refractivity (Wildman–Crippen MR) is 77.8 cm³/mol. The predicted octanol–water partition coefficient (Wildman–Crippen LogP) is 2.95. The van der Waals surface area contributed by atoms with Crippen LogP contribution in [0.1, 0.15) is 55.3 Å². The van der Waals surface area contributed by atoms with Crippen LogP contribution in [0.4, 0.5) is 10.1 Å². The van der Waals surface area contributed by atoms with Crippen molar-refractivity contribution in [2.45, 2.75) is 51.0 Å². The number of amides is 1. The molecule has 1 aromatic rings. The van der Waals surface area contributed by atoms with Gasteiger partial charge in [-0.3, -0.25) is 10.6 Å². The van der Waals surface area contributed by atoms with Crippen molar-refractivity contribution in [1.29, 1.82) is 0 Å². The summed E-state index contributed by atoms with van der Waals surface area (Å²) in [5.41, 5.74) is 2.58. The van der Waals surface area contributed by atoms with Gasteiger partial charge in [0.1, 0.15) is 5.82 Å². The molecule has 2 rings (SSSR count). The largest absolute Gasteiger partial charge is 0.349 e. The van der Waals surface area contributed by atoms with Gasteiger partial charge in [0, 0.05) is 6.04 Å². The summed E-state index contributed by atoms with van der Waals surface area (Å²) in [5.74, 6) is 4.52. The molecule has 0 spiro atoms. The average Bonchev–Trinajstić information content (AvgIpc) is 2.41. The van der Waals surface area contributed by atoms with Crippen LogP contribution in [-0.2, 0) is 0 Å². The highest BCUT2D eigenvalue weighted by molar-refractivity contribution is 5.99. The van der Waals surface area contributed by atoms with Crippen molar-refractivity contribution in [2.24, 2.45) is 5.84 Å². The Kier molecular flexibility index (Phi) is 5.35. The monoisotopic (exact) mass is 279 g/mol. The number of para-hydroxylation sites is 1. The van der Waals surface area contributed by atoms with Crippen molar-refractivity contribution in [3.63, 3.8) is 0 Å². The first-order chi connectivity index (χ1) is 9.72. The first kappa shape index (κ1) is 14.8. The van der Waals surface area contributed by atoms with E-state index in [1.807, 2.05) is 0 Å². The van der Waals surface area contributed by atoms with Gasteiger partial charge in [-0.15, -0.1) is 0 Å². The summed E-state index contributed by atoms with van der Waals surface area (Å²) < 4.78 is 13.6. The Balaban J connectivity index is 2.05. The fourth-order valence-corrected chi connectivity index (χ4v) is 2.72. The van der Waals surface area contributed by atoms with E-state index >= 15 is 0 Å². The zero-order chi connectivity index (χ0) is 14.4. The van der Waals surface area contributed by atoms with Crippen molar-refractivity contribution in [2.75, 3.05) is 5.43 Å². The number of halogens is 1. The minimum atomic E-state index is -0.516. The molecule has 1 saturated carbocycles. The van der Waals surface area contributed by atoms with E-state index in [0.717, 1.165) is 25.7 Å². The number of carbonyl (C=O) groups is 1. The van der Waals surface area contributed by atoms with Crippen LogP contribution in [0.3, 0.4) is 0 Å². The van der Waals surface area contributed by atoms with Crippen LogP contribution >= 0.6 is 0 Å². The Labute approximate surface area is 118 Å². The first-order valence-corrected chi connectivity index (χ1v) is 7.28. The third-order valence-electron chi connectivity index (χ3n) is 3.84. The van der Waals surface area contributed by atoms with Gasteiger partial charge in [0.15, 0.2) is 0 Å². The van der Waals surface area contributed by atoms with E-state index < -0.39 is 5.82 Å². The molecule has 0 saturated heterocycles. The Hall–Kier alpha value is -1.62. The second-order valence-corrected chi connectivity index (χ2v) is 5.32. The van der Waals surface area contributed by atoms with Crippen LogP contribution in [-0.4, -0.2) is 11.9 Å². The standard InChI is InChI=1S/C15H22FN3O/c16-13-10-6-9-12(14(13)19-17)15(20)18-11-7-4-2-1-3-5-8-11/h6,9-11,19H,1-5,7-8,17H2,(H,18,20). The number of nitrogens with two attached hydrogens (primary N) is 1. The van der Waals surface area contributed by atoms with E-state index in [0.29, 0.717) is 0 Å². The van der Waals surface area contributed by atoms with E-state index in [9.17, 15) is 9.18 Å². The molecule has 0 aromatic heterocycles. The maximum absolute atomic E-state index is 13.6. The first-order valence-electron chi connectivity index (χ1n) is 7.28. The summed E-state index contributed by atoms with van der Waals surface area (Å²) in [4.78, 5) is 12.3. The highest BCUT2D eigenvalue weighted by atomic mass is 19.1. The number of hydrogen-bond acceptors (Lipinski definition) is 3. The molecular formula is C15H22FN3O. The maximum atomic E-state index is 13.6. The molecule has 1 amide bonds. The number of hydrazine groups is 1. The zero-order valence-corrected chi connectivity index (χ0v) is 11.6. The average molecular weight is 279 g/mol. The minimum absolute atomic E-state index is 0.0517.